The zero-order chi connectivity index (χ0) is 31.7. The van der Waals surface area contributed by atoms with Gasteiger partial charge in [-0.05, 0) is 79.9 Å². The van der Waals surface area contributed by atoms with Crippen molar-refractivity contribution in [3.05, 3.63) is 90.0 Å². The number of likely N-dealkylation sites (tertiary alicyclic amines) is 1. The lowest BCUT2D eigenvalue weighted by molar-refractivity contribution is 0.101. The normalized spacial score (nSPS) is 14.8. The highest BCUT2D eigenvalue weighted by Crippen LogP contribution is 2.32. The minimum Gasteiger partial charge on any atom is -0.352 e. The predicted octanol–water partition coefficient (Wildman–Crippen LogP) is 5.40. The summed E-state index contributed by atoms with van der Waals surface area (Å²) in [6, 6.07) is 13.3. The van der Waals surface area contributed by atoms with Crippen LogP contribution in [0.5, 0.6) is 0 Å². The van der Waals surface area contributed by atoms with Gasteiger partial charge in [-0.15, -0.1) is 5.10 Å². The third-order valence-electron chi connectivity index (χ3n) is 8.20. The number of fused-ring (bicyclic) bond motifs is 1. The van der Waals surface area contributed by atoms with E-state index in [1.165, 1.54) is 49.4 Å². The smallest absolute Gasteiger partial charge is 0.240 e. The fraction of sp³-hybridized carbons (Fsp3) is 0.281. The van der Waals surface area contributed by atoms with Crippen LogP contribution in [0.15, 0.2) is 71.8 Å². The minimum atomic E-state index is -3.80. The molecule has 5 aromatic rings. The van der Waals surface area contributed by atoms with Gasteiger partial charge in [-0.25, -0.2) is 26.3 Å². The highest BCUT2D eigenvalue weighted by Gasteiger charge is 2.23. The molecule has 0 spiro atoms. The van der Waals surface area contributed by atoms with Crippen molar-refractivity contribution in [2.45, 2.75) is 31.2 Å². The Hall–Kier alpha value is -4.33. The number of nitrogens with zero attached hydrogens (tertiary/aromatic N) is 4. The molecule has 1 fully saturated rings. The van der Waals surface area contributed by atoms with Crippen molar-refractivity contribution in [1.29, 1.82) is 0 Å². The van der Waals surface area contributed by atoms with Crippen LogP contribution in [-0.4, -0.2) is 65.3 Å². The Morgan fingerprint density at radius 3 is 2.40 bits per heavy atom. The quantitative estimate of drug-likeness (QED) is 0.199. The molecule has 45 heavy (non-hydrogen) atoms. The second-order valence-electron chi connectivity index (χ2n) is 11.3. The highest BCUT2D eigenvalue weighted by molar-refractivity contribution is 7.89. The number of halogens is 3. The van der Waals surface area contributed by atoms with Crippen molar-refractivity contribution < 1.29 is 26.4 Å². The van der Waals surface area contributed by atoms with Crippen LogP contribution in [-0.2, 0) is 16.6 Å². The summed E-state index contributed by atoms with van der Waals surface area (Å²) in [5, 5.41) is 9.13. The molecule has 0 saturated carbocycles. The Labute approximate surface area is 258 Å². The van der Waals surface area contributed by atoms with Crippen LogP contribution in [0.3, 0.4) is 0 Å². The molecule has 2 N–H and O–H groups in total. The third-order valence-corrected chi connectivity index (χ3v) is 9.67. The van der Waals surface area contributed by atoms with E-state index in [4.69, 9.17) is 0 Å². The number of H-pyrrole nitrogens is 1. The lowest BCUT2D eigenvalue weighted by atomic mass is 9.97. The molecule has 13 heteroatoms. The number of carbonyl (C=O) groups excluding carboxylic acids is 1. The largest absolute Gasteiger partial charge is 0.352 e. The standard InChI is InChI=1S/C32H31F3N6O3S/c1-20(42)32-31(25-17-23(33)7-10-28(25)37-32)29-19-41(39-38-29)18-21-11-14-40(15-12-21)16-13-36-45(43,44)24-8-5-22(6-9-24)30-26(34)3-2-4-27(30)35/h2-10,17,19,21,36-37H,11-16,18H2,1H3. The molecule has 234 valence electrons. The number of nitrogens with one attached hydrogen (secondary N) is 2. The number of benzene rings is 3. The molecule has 9 nitrogen and oxygen atoms in total. The second kappa shape index (κ2) is 12.6. The maximum absolute atomic E-state index is 14.1. The van der Waals surface area contributed by atoms with Crippen LogP contribution in [0.4, 0.5) is 13.2 Å². The van der Waals surface area contributed by atoms with Crippen molar-refractivity contribution in [3.63, 3.8) is 0 Å². The van der Waals surface area contributed by atoms with Gasteiger partial charge >= 0.3 is 0 Å². The number of hydrogen-bond acceptors (Lipinski definition) is 6. The number of rotatable bonds is 10. The van der Waals surface area contributed by atoms with Crippen LogP contribution in [0, 0.1) is 23.4 Å². The number of Topliss-reactive ketones (excluding diaryl/α,β-unsaturated/α-hetero) is 1. The van der Waals surface area contributed by atoms with Crippen molar-refractivity contribution in [1.82, 2.24) is 29.6 Å². The van der Waals surface area contributed by atoms with E-state index in [1.807, 2.05) is 0 Å². The molecule has 1 saturated heterocycles. The monoisotopic (exact) mass is 636 g/mol. The van der Waals surface area contributed by atoms with Gasteiger partial charge in [-0.2, -0.15) is 0 Å². The molecule has 2 aromatic heterocycles. The number of hydrogen-bond donors (Lipinski definition) is 2. The van der Waals surface area contributed by atoms with Crippen molar-refractivity contribution in [2.24, 2.45) is 5.92 Å². The first-order valence-corrected chi connectivity index (χ1v) is 16.1. The first-order valence-electron chi connectivity index (χ1n) is 14.6. The molecule has 1 aliphatic heterocycles. The maximum Gasteiger partial charge on any atom is 0.240 e. The number of ketones is 1. The first kappa shape index (κ1) is 30.7. The molecule has 6 rings (SSSR count). The fourth-order valence-electron chi connectivity index (χ4n) is 5.85. The van der Waals surface area contributed by atoms with Crippen LogP contribution in [0.1, 0.15) is 30.3 Å². The highest BCUT2D eigenvalue weighted by atomic mass is 32.2. The summed E-state index contributed by atoms with van der Waals surface area (Å²) < 4.78 is 72.2. The summed E-state index contributed by atoms with van der Waals surface area (Å²) in [7, 11) is -3.80. The number of piperidine rings is 1. The summed E-state index contributed by atoms with van der Waals surface area (Å²) >= 11 is 0. The molecule has 0 amide bonds. The number of aromatic nitrogens is 4. The Kier molecular flexibility index (Phi) is 8.58. The van der Waals surface area contributed by atoms with E-state index in [0.29, 0.717) is 46.9 Å². The zero-order valence-corrected chi connectivity index (χ0v) is 25.3. The van der Waals surface area contributed by atoms with Crippen LogP contribution in [0.25, 0.3) is 33.3 Å². The summed E-state index contributed by atoms with van der Waals surface area (Å²) in [6.07, 6.45) is 3.54. The zero-order valence-electron chi connectivity index (χ0n) is 24.4. The number of aromatic amines is 1. The van der Waals surface area contributed by atoms with Crippen LogP contribution < -0.4 is 4.72 Å². The molecule has 0 radical (unpaired) electrons. The average Bonchev–Trinajstić information content (AvgIpc) is 3.62. The number of carbonyl (C=O) groups is 1. The maximum atomic E-state index is 14.1. The molecule has 0 atom stereocenters. The van der Waals surface area contributed by atoms with E-state index in [1.54, 1.807) is 16.9 Å². The lowest BCUT2D eigenvalue weighted by Crippen LogP contribution is -2.40. The molecule has 0 aliphatic carbocycles. The van der Waals surface area contributed by atoms with Crippen molar-refractivity contribution in [3.8, 4) is 22.4 Å². The lowest BCUT2D eigenvalue weighted by Gasteiger charge is -2.31. The Bertz CT molecular complexity index is 1950. The predicted molar refractivity (Wildman–Crippen MR) is 163 cm³/mol. The van der Waals surface area contributed by atoms with Crippen molar-refractivity contribution >= 4 is 26.7 Å². The van der Waals surface area contributed by atoms with Gasteiger partial charge in [0.05, 0.1) is 22.3 Å². The summed E-state index contributed by atoms with van der Waals surface area (Å²) in [5.41, 5.74) is 2.10. The van der Waals surface area contributed by atoms with Gasteiger partial charge < -0.3 is 9.88 Å². The number of sulfonamides is 1. The van der Waals surface area contributed by atoms with Gasteiger partial charge in [0.15, 0.2) is 5.78 Å². The van der Waals surface area contributed by atoms with E-state index in [2.05, 4.69) is 24.9 Å². The Morgan fingerprint density at radius 2 is 1.71 bits per heavy atom. The van der Waals surface area contributed by atoms with Crippen LogP contribution >= 0.6 is 0 Å². The summed E-state index contributed by atoms with van der Waals surface area (Å²) in [4.78, 5) is 17.6. The van der Waals surface area contributed by atoms with E-state index < -0.39 is 27.5 Å². The van der Waals surface area contributed by atoms with E-state index in [9.17, 15) is 26.4 Å². The van der Waals surface area contributed by atoms with Crippen LogP contribution in [0.2, 0.25) is 0 Å². The molecule has 3 heterocycles. The molecular formula is C32H31F3N6O3S. The second-order valence-corrected chi connectivity index (χ2v) is 13.0. The fourth-order valence-corrected chi connectivity index (χ4v) is 6.87. The van der Waals surface area contributed by atoms with Gasteiger partial charge in [-0.1, -0.05) is 23.4 Å². The molecule has 0 unspecified atom stereocenters. The summed E-state index contributed by atoms with van der Waals surface area (Å²) in [6.45, 7) is 4.39. The Morgan fingerprint density at radius 1 is 1.00 bits per heavy atom. The third kappa shape index (κ3) is 6.56. The molecule has 1 aliphatic rings. The van der Waals surface area contributed by atoms with Gasteiger partial charge in [0.1, 0.15) is 23.1 Å². The van der Waals surface area contributed by atoms with Crippen molar-refractivity contribution in [2.75, 3.05) is 26.2 Å². The van der Waals surface area contributed by atoms with Gasteiger partial charge in [0.2, 0.25) is 10.0 Å². The Balaban J connectivity index is 1.01. The molecular weight excluding hydrogens is 605 g/mol. The molecule has 3 aromatic carbocycles. The first-order chi connectivity index (χ1) is 21.6. The molecule has 0 bridgehead atoms. The van der Waals surface area contributed by atoms with E-state index in [0.717, 1.165) is 38.1 Å². The van der Waals surface area contributed by atoms with Gasteiger partial charge in [0, 0.05) is 43.0 Å². The van der Waals surface area contributed by atoms with E-state index in [-0.39, 0.29) is 28.4 Å². The van der Waals surface area contributed by atoms with E-state index >= 15 is 0 Å². The topological polar surface area (TPSA) is 113 Å². The SMILES string of the molecule is CC(=O)c1[nH]c2ccc(F)cc2c1-c1cn(CC2CCN(CCNS(=O)(=O)c3ccc(-c4c(F)cccc4F)cc3)CC2)nn1. The summed E-state index contributed by atoms with van der Waals surface area (Å²) in [5.74, 6) is -1.69. The van der Waals surface area contributed by atoms with Gasteiger partial charge in [0.25, 0.3) is 0 Å². The van der Waals surface area contributed by atoms with Gasteiger partial charge in [-0.3, -0.25) is 9.48 Å². The minimum absolute atomic E-state index is 0.0158. The average molecular weight is 637 g/mol.